The number of hydrogen-bond acceptors (Lipinski definition) is 3. The van der Waals surface area contributed by atoms with E-state index in [9.17, 15) is 13.0 Å². The topological polar surface area (TPSA) is 80.4 Å². The van der Waals surface area contributed by atoms with E-state index in [0.29, 0.717) is 11.1 Å². The van der Waals surface area contributed by atoms with E-state index in [1.165, 1.54) is 11.6 Å². The van der Waals surface area contributed by atoms with Crippen LogP contribution in [0.3, 0.4) is 0 Å². The lowest BCUT2D eigenvalue weighted by atomic mass is 10.1. The van der Waals surface area contributed by atoms with Crippen molar-refractivity contribution in [2.24, 2.45) is 0 Å². The smallest absolute Gasteiger partial charge is 0.295 e. The molecular formula is C21H21NO3S. The summed E-state index contributed by atoms with van der Waals surface area (Å²) in [6, 6.07) is 25.3. The third-order valence-electron chi connectivity index (χ3n) is 3.51. The van der Waals surface area contributed by atoms with E-state index in [2.05, 4.69) is 0 Å². The van der Waals surface area contributed by atoms with Crippen molar-refractivity contribution in [3.05, 3.63) is 102 Å². The van der Waals surface area contributed by atoms with E-state index in [4.69, 9.17) is 5.73 Å². The minimum Gasteiger partial charge on any atom is -0.399 e. The summed E-state index contributed by atoms with van der Waals surface area (Å²) in [5.41, 5.74) is 8.68. The van der Waals surface area contributed by atoms with Gasteiger partial charge in [-0.2, -0.15) is 8.42 Å². The molecule has 0 aliphatic rings. The van der Waals surface area contributed by atoms with Gasteiger partial charge >= 0.3 is 0 Å². The molecule has 0 aliphatic carbocycles. The molecule has 3 aromatic rings. The first kappa shape index (κ1) is 19.4. The molecule has 5 heteroatoms. The Morgan fingerprint density at radius 2 is 1.35 bits per heavy atom. The molecule has 0 radical (unpaired) electrons. The quantitative estimate of drug-likeness (QED) is 0.401. The molecule has 0 unspecified atom stereocenters. The number of hydrogen-bond donors (Lipinski definition) is 2. The van der Waals surface area contributed by atoms with Gasteiger partial charge in [-0.25, -0.2) is 0 Å². The first-order valence-electron chi connectivity index (χ1n) is 7.98. The van der Waals surface area contributed by atoms with Crippen LogP contribution in [0.1, 0.15) is 16.7 Å². The van der Waals surface area contributed by atoms with Crippen molar-refractivity contribution < 1.29 is 13.0 Å². The Bertz CT molecular complexity index is 928. The summed E-state index contributed by atoms with van der Waals surface area (Å²) in [7, 11) is -4.26. The number of nitrogen functional groups attached to an aromatic ring is 1. The van der Waals surface area contributed by atoms with E-state index in [1.54, 1.807) is 54.6 Å². The summed E-state index contributed by atoms with van der Waals surface area (Å²) in [6.07, 6.45) is 1.45. The molecule has 3 rings (SSSR count). The predicted molar refractivity (Wildman–Crippen MR) is 108 cm³/mol. The van der Waals surface area contributed by atoms with E-state index < -0.39 is 10.1 Å². The van der Waals surface area contributed by atoms with Crippen LogP contribution in [-0.2, 0) is 10.1 Å². The summed E-state index contributed by atoms with van der Waals surface area (Å²) < 4.78 is 32.1. The highest BCUT2D eigenvalue weighted by Gasteiger charge is 2.15. The van der Waals surface area contributed by atoms with Crippen molar-refractivity contribution in [2.45, 2.75) is 6.92 Å². The van der Waals surface area contributed by atoms with E-state index in [1.807, 2.05) is 37.3 Å². The monoisotopic (exact) mass is 367 g/mol. The van der Waals surface area contributed by atoms with Crippen LogP contribution in [0.25, 0.3) is 11.0 Å². The molecule has 0 bridgehead atoms. The largest absolute Gasteiger partial charge is 0.399 e. The number of rotatable bonds is 3. The number of anilines is 1. The molecule has 0 saturated heterocycles. The molecule has 0 heterocycles. The zero-order valence-electron chi connectivity index (χ0n) is 14.4. The average Bonchev–Trinajstić information content (AvgIpc) is 2.63. The van der Waals surface area contributed by atoms with Gasteiger partial charge in [0.15, 0.2) is 0 Å². The maximum Gasteiger partial charge on any atom is 0.295 e. The molecule has 26 heavy (non-hydrogen) atoms. The van der Waals surface area contributed by atoms with Crippen LogP contribution in [0.4, 0.5) is 5.69 Å². The molecule has 0 aliphatic heterocycles. The van der Waals surface area contributed by atoms with Crippen molar-refractivity contribution in [2.75, 3.05) is 5.73 Å². The first-order valence-corrected chi connectivity index (χ1v) is 9.42. The van der Waals surface area contributed by atoms with Crippen molar-refractivity contribution in [3.63, 3.8) is 0 Å². The highest BCUT2D eigenvalue weighted by Crippen LogP contribution is 2.22. The Balaban J connectivity index is 0.000000254. The van der Waals surface area contributed by atoms with Gasteiger partial charge in [0.25, 0.3) is 10.1 Å². The summed E-state index contributed by atoms with van der Waals surface area (Å²) in [4.78, 5) is -0.102. The van der Waals surface area contributed by atoms with Crippen LogP contribution < -0.4 is 5.73 Å². The Morgan fingerprint density at radius 1 is 0.846 bits per heavy atom. The zero-order chi connectivity index (χ0) is 19.0. The maximum absolute atomic E-state index is 11.4. The Morgan fingerprint density at radius 3 is 1.81 bits per heavy atom. The molecule has 4 nitrogen and oxygen atoms in total. The second kappa shape index (κ2) is 8.99. The number of benzene rings is 3. The highest BCUT2D eigenvalue weighted by molar-refractivity contribution is 7.95. The fourth-order valence-corrected chi connectivity index (χ4v) is 2.90. The van der Waals surface area contributed by atoms with Crippen LogP contribution in [0.15, 0.2) is 84.9 Å². The molecule has 3 N–H and O–H groups in total. The summed E-state index contributed by atoms with van der Waals surface area (Å²) in [5.74, 6) is 0. The summed E-state index contributed by atoms with van der Waals surface area (Å²) >= 11 is 0. The first-order chi connectivity index (χ1) is 12.4. The third-order valence-corrected chi connectivity index (χ3v) is 4.42. The minimum atomic E-state index is -4.26. The minimum absolute atomic E-state index is 0.102. The van der Waals surface area contributed by atoms with Crippen LogP contribution >= 0.6 is 0 Å². The molecule has 0 saturated carbocycles. The Kier molecular flexibility index (Phi) is 6.72. The Hall–Kier alpha value is -2.89. The average molecular weight is 367 g/mol. The molecule has 0 atom stereocenters. The fraction of sp³-hybridized carbons (Fsp3) is 0.0476. The molecule has 0 aromatic heterocycles. The van der Waals surface area contributed by atoms with Crippen molar-refractivity contribution in [3.8, 4) is 0 Å². The SMILES string of the molecule is Cc1ccc(N)cc1.O=S(=O)(O)/C(=C/c1ccccc1)c1ccccc1. The number of aryl methyl sites for hydroxylation is 1. The van der Waals surface area contributed by atoms with Crippen LogP contribution in [0, 0.1) is 6.92 Å². The van der Waals surface area contributed by atoms with Gasteiger partial charge in [0.2, 0.25) is 0 Å². The van der Waals surface area contributed by atoms with Gasteiger partial charge in [-0.3, -0.25) is 4.55 Å². The highest BCUT2D eigenvalue weighted by atomic mass is 32.2. The van der Waals surface area contributed by atoms with E-state index in [0.717, 1.165) is 5.69 Å². The van der Waals surface area contributed by atoms with Crippen molar-refractivity contribution >= 4 is 26.8 Å². The van der Waals surface area contributed by atoms with Gasteiger partial charge in [-0.05, 0) is 36.3 Å². The van der Waals surface area contributed by atoms with Crippen molar-refractivity contribution in [1.82, 2.24) is 0 Å². The van der Waals surface area contributed by atoms with Crippen molar-refractivity contribution in [1.29, 1.82) is 0 Å². The third kappa shape index (κ3) is 6.20. The standard InChI is InChI=1S/C14H12O3S.C7H9N/c15-18(16,17)14(13-9-5-2-6-10-13)11-12-7-3-1-4-8-12;1-6-2-4-7(8)5-3-6/h1-11H,(H,15,16,17);2-5H,8H2,1H3/b14-11+;. The van der Waals surface area contributed by atoms with Gasteiger partial charge in [-0.15, -0.1) is 0 Å². The lowest BCUT2D eigenvalue weighted by molar-refractivity contribution is 0.496. The lowest BCUT2D eigenvalue weighted by Gasteiger charge is -2.04. The van der Waals surface area contributed by atoms with Gasteiger partial charge < -0.3 is 5.73 Å². The molecule has 0 amide bonds. The lowest BCUT2D eigenvalue weighted by Crippen LogP contribution is -2.00. The number of nitrogens with two attached hydrogens (primary N) is 1. The normalized spacial score (nSPS) is 11.4. The summed E-state index contributed by atoms with van der Waals surface area (Å²) in [6.45, 7) is 2.04. The molecule has 0 fully saturated rings. The van der Waals surface area contributed by atoms with E-state index in [-0.39, 0.29) is 4.91 Å². The van der Waals surface area contributed by atoms with Crippen LogP contribution in [0.5, 0.6) is 0 Å². The zero-order valence-corrected chi connectivity index (χ0v) is 15.2. The van der Waals surface area contributed by atoms with Gasteiger partial charge in [0, 0.05) is 5.69 Å². The molecular weight excluding hydrogens is 346 g/mol. The molecule has 3 aromatic carbocycles. The fourth-order valence-electron chi connectivity index (χ4n) is 2.18. The van der Waals surface area contributed by atoms with E-state index >= 15 is 0 Å². The van der Waals surface area contributed by atoms with Gasteiger partial charge in [0.05, 0.1) is 0 Å². The molecule has 0 spiro atoms. The second-order valence-electron chi connectivity index (χ2n) is 5.67. The van der Waals surface area contributed by atoms with Crippen LogP contribution in [0.2, 0.25) is 0 Å². The maximum atomic E-state index is 11.4. The van der Waals surface area contributed by atoms with Gasteiger partial charge in [-0.1, -0.05) is 78.4 Å². The summed E-state index contributed by atoms with van der Waals surface area (Å²) in [5, 5.41) is 0. The predicted octanol–water partition coefficient (Wildman–Crippen LogP) is 4.65. The molecule has 134 valence electrons. The van der Waals surface area contributed by atoms with Gasteiger partial charge in [0.1, 0.15) is 4.91 Å². The Labute approximate surface area is 154 Å². The second-order valence-corrected chi connectivity index (χ2v) is 7.06. The van der Waals surface area contributed by atoms with Crippen LogP contribution in [-0.4, -0.2) is 13.0 Å².